The number of piperazine rings is 1. The first-order chi connectivity index (χ1) is 18.8. The summed E-state index contributed by atoms with van der Waals surface area (Å²) in [6.07, 6.45) is 2.79. The molecule has 200 valence electrons. The zero-order valence-electron chi connectivity index (χ0n) is 22.0. The number of aromatic nitrogens is 5. The van der Waals surface area contributed by atoms with Crippen molar-refractivity contribution in [2.24, 2.45) is 0 Å². The predicted molar refractivity (Wildman–Crippen MR) is 150 cm³/mol. The molecule has 1 amide bonds. The van der Waals surface area contributed by atoms with E-state index < -0.39 is 0 Å². The summed E-state index contributed by atoms with van der Waals surface area (Å²) in [6.45, 7) is 7.16. The van der Waals surface area contributed by atoms with Crippen molar-refractivity contribution >= 4 is 34.7 Å². The van der Waals surface area contributed by atoms with Gasteiger partial charge in [0.25, 0.3) is 0 Å². The topological polar surface area (TPSA) is 134 Å². The zero-order chi connectivity index (χ0) is 27.1. The molecule has 1 aromatic carbocycles. The molecule has 2 aliphatic rings. The number of fused-ring (bicyclic) bond motifs is 3. The maximum atomic E-state index is 13.4. The Kier molecular flexibility index (Phi) is 6.38. The van der Waals surface area contributed by atoms with E-state index in [0.29, 0.717) is 47.3 Å². The van der Waals surface area contributed by atoms with E-state index >= 15 is 0 Å². The van der Waals surface area contributed by atoms with Crippen molar-refractivity contribution in [3.8, 4) is 11.4 Å². The second-order valence-electron chi connectivity index (χ2n) is 10.7. The van der Waals surface area contributed by atoms with Crippen LogP contribution in [0.25, 0.3) is 11.4 Å². The Morgan fingerprint density at radius 3 is 2.59 bits per heavy atom. The molecule has 10 nitrogen and oxygen atoms in total. The summed E-state index contributed by atoms with van der Waals surface area (Å²) in [7, 11) is 0. The lowest BCUT2D eigenvalue weighted by Gasteiger charge is -2.36. The molecule has 39 heavy (non-hydrogen) atoms. The van der Waals surface area contributed by atoms with E-state index in [2.05, 4.69) is 56.0 Å². The molecule has 3 aromatic heterocycles. The molecule has 3 N–H and O–H groups in total. The van der Waals surface area contributed by atoms with E-state index in [-0.39, 0.29) is 35.9 Å². The third-order valence-corrected chi connectivity index (χ3v) is 8.36. The third-order valence-electron chi connectivity index (χ3n) is 7.46. The van der Waals surface area contributed by atoms with Crippen LogP contribution < -0.4 is 10.6 Å². The van der Waals surface area contributed by atoms with Crippen LogP contribution in [0.1, 0.15) is 46.2 Å². The Balaban J connectivity index is 1.11. The second kappa shape index (κ2) is 9.88. The number of Topliss-reactive ketones (excluding diaryl/α,β-unsaturated/α-hetero) is 1. The van der Waals surface area contributed by atoms with Crippen molar-refractivity contribution < 1.29 is 9.59 Å². The number of nitrogens with zero attached hydrogens (tertiary/aromatic N) is 6. The molecule has 4 aromatic rings. The number of para-hydroxylation sites is 1. The number of hydrogen-bond donors (Lipinski definition) is 2. The van der Waals surface area contributed by atoms with Crippen LogP contribution in [0, 0.1) is 0 Å². The molecule has 0 bridgehead atoms. The third kappa shape index (κ3) is 4.89. The molecule has 0 spiro atoms. The molecule has 4 heterocycles. The molecule has 1 aliphatic heterocycles. The van der Waals surface area contributed by atoms with Gasteiger partial charge in [0.15, 0.2) is 5.78 Å². The molecule has 6 rings (SSSR count). The molecule has 1 fully saturated rings. The number of nitrogens with one attached hydrogen (secondary N) is 1. The average molecular weight is 543 g/mol. The van der Waals surface area contributed by atoms with Crippen LogP contribution in [0.3, 0.4) is 0 Å². The minimum absolute atomic E-state index is 0.0650. The number of H-pyrrole nitrogens is 1. The first-order valence-corrected chi connectivity index (χ1v) is 13.9. The molecular formula is C28H30N8O2S. The first-order valence-electron chi connectivity index (χ1n) is 13.0. The molecule has 1 aliphatic carbocycles. The van der Waals surface area contributed by atoms with Gasteiger partial charge in [-0.05, 0) is 29.5 Å². The average Bonchev–Trinajstić information content (AvgIpc) is 3.58. The lowest BCUT2D eigenvalue weighted by Crippen LogP contribution is -2.49. The zero-order valence-corrected chi connectivity index (χ0v) is 22.8. The monoisotopic (exact) mass is 542 g/mol. The number of amides is 1. The maximum Gasteiger partial charge on any atom is 0.228 e. The molecule has 0 unspecified atom stereocenters. The van der Waals surface area contributed by atoms with Crippen molar-refractivity contribution in [3.05, 3.63) is 69.4 Å². The normalized spacial score (nSPS) is 16.1. The summed E-state index contributed by atoms with van der Waals surface area (Å²) >= 11 is 1.41. The lowest BCUT2D eigenvalue weighted by atomic mass is 9.73. The highest BCUT2D eigenvalue weighted by Gasteiger charge is 2.38. The predicted octanol–water partition coefficient (Wildman–Crippen LogP) is 3.06. The van der Waals surface area contributed by atoms with Crippen LogP contribution in [-0.4, -0.2) is 67.9 Å². The number of hydrogen-bond acceptors (Lipinski definition) is 9. The van der Waals surface area contributed by atoms with Crippen LogP contribution in [0.4, 0.5) is 11.6 Å². The summed E-state index contributed by atoms with van der Waals surface area (Å²) in [6, 6.07) is 10.3. The number of aromatic amines is 1. The Morgan fingerprint density at radius 2 is 1.82 bits per heavy atom. The highest BCUT2D eigenvalue weighted by atomic mass is 32.1. The van der Waals surface area contributed by atoms with Crippen LogP contribution >= 0.6 is 11.3 Å². The summed E-state index contributed by atoms with van der Waals surface area (Å²) < 4.78 is 0. The second-order valence-corrected chi connectivity index (χ2v) is 11.6. The Morgan fingerprint density at radius 1 is 1.05 bits per heavy atom. The summed E-state index contributed by atoms with van der Waals surface area (Å²) in [4.78, 5) is 43.7. The van der Waals surface area contributed by atoms with E-state index in [1.54, 1.807) is 6.20 Å². The molecular weight excluding hydrogens is 512 g/mol. The van der Waals surface area contributed by atoms with Crippen LogP contribution in [0.15, 0.2) is 41.9 Å². The van der Waals surface area contributed by atoms with E-state index in [1.807, 2.05) is 28.5 Å². The number of carbonyl (C=O) groups is 2. The van der Waals surface area contributed by atoms with Crippen LogP contribution in [0.2, 0.25) is 0 Å². The number of nitrogens with two attached hydrogens (primary N) is 1. The smallest absolute Gasteiger partial charge is 0.228 e. The molecule has 1 saturated heterocycles. The van der Waals surface area contributed by atoms with Gasteiger partial charge >= 0.3 is 0 Å². The molecule has 0 radical (unpaired) electrons. The quantitative estimate of drug-likeness (QED) is 0.355. The van der Waals surface area contributed by atoms with Gasteiger partial charge < -0.3 is 15.5 Å². The number of anilines is 2. The number of carbonyl (C=O) groups excluding carboxylic acids is 2. The lowest BCUT2D eigenvalue weighted by molar-refractivity contribution is -0.130. The van der Waals surface area contributed by atoms with Gasteiger partial charge in [-0.3, -0.25) is 14.7 Å². The van der Waals surface area contributed by atoms with E-state index in [9.17, 15) is 9.59 Å². The highest BCUT2D eigenvalue weighted by Crippen LogP contribution is 2.43. The summed E-state index contributed by atoms with van der Waals surface area (Å²) in [5, 5.41) is 9.98. The van der Waals surface area contributed by atoms with Gasteiger partial charge in [0, 0.05) is 49.0 Å². The minimum atomic E-state index is -0.329. The van der Waals surface area contributed by atoms with Gasteiger partial charge in [-0.2, -0.15) is 5.10 Å². The van der Waals surface area contributed by atoms with Crippen molar-refractivity contribution in [1.82, 2.24) is 30.0 Å². The van der Waals surface area contributed by atoms with Gasteiger partial charge in [-0.15, -0.1) is 11.3 Å². The van der Waals surface area contributed by atoms with E-state index in [4.69, 9.17) is 5.73 Å². The minimum Gasteiger partial charge on any atom is -0.368 e. The molecule has 11 heteroatoms. The summed E-state index contributed by atoms with van der Waals surface area (Å²) in [5.74, 6) is 0.153. The Bertz CT molecular complexity index is 1540. The Labute approximate surface area is 230 Å². The van der Waals surface area contributed by atoms with Crippen molar-refractivity contribution in [3.63, 3.8) is 0 Å². The van der Waals surface area contributed by atoms with E-state index in [1.165, 1.54) is 17.0 Å². The fourth-order valence-corrected chi connectivity index (χ4v) is 6.34. The fraction of sp³-hybridized carbons (Fsp3) is 0.357. The summed E-state index contributed by atoms with van der Waals surface area (Å²) in [5.41, 5.74) is 11.0. The van der Waals surface area contributed by atoms with Crippen LogP contribution in [-0.2, 0) is 29.5 Å². The number of thiazole rings is 1. The van der Waals surface area contributed by atoms with E-state index in [0.717, 1.165) is 24.2 Å². The Hall–Kier alpha value is -4.12. The number of ketones is 1. The van der Waals surface area contributed by atoms with Gasteiger partial charge in [0.05, 0.1) is 24.2 Å². The van der Waals surface area contributed by atoms with Gasteiger partial charge in [-0.1, -0.05) is 32.0 Å². The molecule has 0 saturated carbocycles. The SMILES string of the molecule is CC1(C)Cc2cnc(N)nc2-c2n[nH]c(C(=O)Cc3nc(CC(=O)N4CCN(c5ccccc5)CC4)cs3)c21. The fourth-order valence-electron chi connectivity index (χ4n) is 5.55. The van der Waals surface area contributed by atoms with Crippen molar-refractivity contribution in [2.45, 2.75) is 38.5 Å². The standard InChI is InChI=1S/C28H30N8O2S/c1-28(2)14-17-15-30-27(29)32-24(17)26-23(28)25(33-34-26)20(37)13-21-31-18(16-39-21)12-22(38)36-10-8-35(9-11-36)19-6-4-3-5-7-19/h3-7,15-16H,8-14H2,1-2H3,(H,33,34)(H2,29,30,32). The number of nitrogen functional groups attached to an aromatic ring is 1. The number of benzene rings is 1. The largest absolute Gasteiger partial charge is 0.368 e. The number of rotatable bonds is 6. The first kappa shape index (κ1) is 25.2. The van der Waals surface area contributed by atoms with Gasteiger partial charge in [0.2, 0.25) is 11.9 Å². The van der Waals surface area contributed by atoms with Crippen LogP contribution in [0.5, 0.6) is 0 Å². The van der Waals surface area contributed by atoms with Gasteiger partial charge in [-0.25, -0.2) is 15.0 Å². The van der Waals surface area contributed by atoms with Gasteiger partial charge in [0.1, 0.15) is 16.4 Å². The highest BCUT2D eigenvalue weighted by molar-refractivity contribution is 7.09. The molecule has 0 atom stereocenters. The van der Waals surface area contributed by atoms with Crippen molar-refractivity contribution in [2.75, 3.05) is 36.8 Å². The maximum absolute atomic E-state index is 13.4. The van der Waals surface area contributed by atoms with Crippen molar-refractivity contribution in [1.29, 1.82) is 0 Å².